The van der Waals surface area contributed by atoms with Gasteiger partial charge in [0.2, 0.25) is 5.91 Å². The van der Waals surface area contributed by atoms with Gasteiger partial charge in [-0.05, 0) is 35.6 Å². The number of esters is 1. The quantitative estimate of drug-likeness (QED) is 0.785. The molecule has 0 N–H and O–H groups in total. The maximum absolute atomic E-state index is 11.5. The molecule has 0 aliphatic carbocycles. The number of ether oxygens (including phenoxy) is 1. The van der Waals surface area contributed by atoms with Crippen LogP contribution in [0, 0.1) is 5.92 Å². The molecule has 0 radical (unpaired) electrons. The lowest BCUT2D eigenvalue weighted by Gasteiger charge is -2.14. The van der Waals surface area contributed by atoms with E-state index in [-0.39, 0.29) is 18.3 Å². The largest absolute Gasteiger partial charge is 0.465 e. The summed E-state index contributed by atoms with van der Waals surface area (Å²) >= 11 is 0. The zero-order valence-electron chi connectivity index (χ0n) is 13.5. The molecular formula is C18H23NO3. The molecule has 0 atom stereocenters. The van der Waals surface area contributed by atoms with E-state index in [0.29, 0.717) is 12.5 Å². The number of carbonyl (C=O) groups excluding carboxylic acids is 2. The van der Waals surface area contributed by atoms with E-state index in [2.05, 4.69) is 6.07 Å². The number of carbonyl (C=O) groups is 2. The molecule has 1 aromatic carbocycles. The van der Waals surface area contributed by atoms with E-state index in [4.69, 9.17) is 4.74 Å². The van der Waals surface area contributed by atoms with E-state index in [0.717, 1.165) is 24.2 Å². The third kappa shape index (κ3) is 4.20. The van der Waals surface area contributed by atoms with E-state index in [1.54, 1.807) is 11.8 Å². The SMILES string of the molecule is CC(=O)N1CCc2cc(C=CCC(=O)OCC(C)C)ccc21. The molecule has 22 heavy (non-hydrogen) atoms. The zero-order chi connectivity index (χ0) is 16.1. The zero-order valence-corrected chi connectivity index (χ0v) is 13.5. The molecular weight excluding hydrogens is 278 g/mol. The van der Waals surface area contributed by atoms with Crippen LogP contribution in [0.25, 0.3) is 6.08 Å². The van der Waals surface area contributed by atoms with Crippen molar-refractivity contribution in [3.63, 3.8) is 0 Å². The molecule has 0 bridgehead atoms. The fourth-order valence-corrected chi connectivity index (χ4v) is 2.46. The summed E-state index contributed by atoms with van der Waals surface area (Å²) in [6.45, 7) is 6.83. The molecule has 1 aromatic rings. The summed E-state index contributed by atoms with van der Waals surface area (Å²) in [5.41, 5.74) is 3.22. The van der Waals surface area contributed by atoms with Gasteiger partial charge in [0.25, 0.3) is 0 Å². The number of hydrogen-bond donors (Lipinski definition) is 0. The molecule has 0 saturated heterocycles. The van der Waals surface area contributed by atoms with Crippen LogP contribution in [0.5, 0.6) is 0 Å². The first-order valence-electron chi connectivity index (χ1n) is 7.70. The minimum Gasteiger partial charge on any atom is -0.465 e. The van der Waals surface area contributed by atoms with E-state index in [1.807, 2.05) is 38.1 Å². The summed E-state index contributed by atoms with van der Waals surface area (Å²) in [5.74, 6) is 0.234. The van der Waals surface area contributed by atoms with Gasteiger partial charge in [-0.2, -0.15) is 0 Å². The fraction of sp³-hybridized carbons (Fsp3) is 0.444. The van der Waals surface area contributed by atoms with Crippen LogP contribution in [0.3, 0.4) is 0 Å². The number of nitrogens with zero attached hydrogens (tertiary/aromatic N) is 1. The summed E-state index contributed by atoms with van der Waals surface area (Å²) < 4.78 is 5.12. The Hall–Kier alpha value is -2.10. The molecule has 0 aromatic heterocycles. The second-order valence-electron chi connectivity index (χ2n) is 5.99. The van der Waals surface area contributed by atoms with Crippen molar-refractivity contribution >= 4 is 23.6 Å². The van der Waals surface area contributed by atoms with E-state index in [1.165, 1.54) is 5.56 Å². The van der Waals surface area contributed by atoms with Gasteiger partial charge in [-0.3, -0.25) is 9.59 Å². The maximum Gasteiger partial charge on any atom is 0.309 e. The molecule has 0 saturated carbocycles. The third-order valence-corrected chi connectivity index (χ3v) is 3.55. The van der Waals surface area contributed by atoms with Crippen LogP contribution < -0.4 is 4.90 Å². The average molecular weight is 301 g/mol. The van der Waals surface area contributed by atoms with Gasteiger partial charge in [0.15, 0.2) is 0 Å². The Morgan fingerprint density at radius 1 is 1.36 bits per heavy atom. The van der Waals surface area contributed by atoms with Crippen LogP contribution in [0.1, 0.15) is 38.3 Å². The summed E-state index contributed by atoms with van der Waals surface area (Å²) in [4.78, 5) is 24.8. The Labute approximate surface area is 131 Å². The first kappa shape index (κ1) is 16.3. The molecule has 2 rings (SSSR count). The summed E-state index contributed by atoms with van der Waals surface area (Å²) in [7, 11) is 0. The normalized spacial score (nSPS) is 13.7. The number of benzene rings is 1. The Balaban J connectivity index is 1.93. The molecule has 1 aliphatic heterocycles. The van der Waals surface area contributed by atoms with Crippen molar-refractivity contribution in [1.29, 1.82) is 0 Å². The first-order valence-corrected chi connectivity index (χ1v) is 7.70. The van der Waals surface area contributed by atoms with Crippen molar-refractivity contribution in [2.24, 2.45) is 5.92 Å². The molecule has 0 unspecified atom stereocenters. The Morgan fingerprint density at radius 2 is 2.14 bits per heavy atom. The second-order valence-corrected chi connectivity index (χ2v) is 5.99. The van der Waals surface area contributed by atoms with Gasteiger partial charge in [-0.25, -0.2) is 0 Å². The van der Waals surface area contributed by atoms with Gasteiger partial charge in [-0.15, -0.1) is 0 Å². The minimum absolute atomic E-state index is 0.0786. The number of hydrogen-bond acceptors (Lipinski definition) is 3. The lowest BCUT2D eigenvalue weighted by atomic mass is 10.1. The van der Waals surface area contributed by atoms with Crippen molar-refractivity contribution in [3.05, 3.63) is 35.4 Å². The van der Waals surface area contributed by atoms with Gasteiger partial charge < -0.3 is 9.64 Å². The topological polar surface area (TPSA) is 46.6 Å². The molecule has 1 amide bonds. The van der Waals surface area contributed by atoms with Gasteiger partial charge in [0, 0.05) is 19.2 Å². The number of anilines is 1. The van der Waals surface area contributed by atoms with Gasteiger partial charge in [0.1, 0.15) is 0 Å². The lowest BCUT2D eigenvalue weighted by molar-refractivity contribution is -0.143. The van der Waals surface area contributed by atoms with Crippen LogP contribution >= 0.6 is 0 Å². The molecule has 0 fully saturated rings. The lowest BCUT2D eigenvalue weighted by Crippen LogP contribution is -2.25. The van der Waals surface area contributed by atoms with Crippen molar-refractivity contribution in [2.75, 3.05) is 18.1 Å². The van der Waals surface area contributed by atoms with Crippen LogP contribution in [-0.4, -0.2) is 25.0 Å². The van der Waals surface area contributed by atoms with Gasteiger partial charge in [0.05, 0.1) is 13.0 Å². The molecule has 4 heteroatoms. The first-order chi connectivity index (χ1) is 10.5. The highest BCUT2D eigenvalue weighted by Gasteiger charge is 2.21. The van der Waals surface area contributed by atoms with Crippen molar-refractivity contribution in [1.82, 2.24) is 0 Å². The van der Waals surface area contributed by atoms with Crippen LogP contribution in [0.2, 0.25) is 0 Å². The van der Waals surface area contributed by atoms with Gasteiger partial charge in [-0.1, -0.05) is 32.1 Å². The molecule has 0 spiro atoms. The summed E-state index contributed by atoms with van der Waals surface area (Å²) in [5, 5.41) is 0. The Morgan fingerprint density at radius 3 is 2.82 bits per heavy atom. The maximum atomic E-state index is 11.5. The smallest absolute Gasteiger partial charge is 0.309 e. The van der Waals surface area contributed by atoms with E-state index in [9.17, 15) is 9.59 Å². The third-order valence-electron chi connectivity index (χ3n) is 3.55. The number of rotatable bonds is 5. The summed E-state index contributed by atoms with van der Waals surface area (Å²) in [6.07, 6.45) is 4.91. The summed E-state index contributed by atoms with van der Waals surface area (Å²) in [6, 6.07) is 6.02. The Kier molecular flexibility index (Phi) is 5.36. The second kappa shape index (κ2) is 7.25. The minimum atomic E-state index is -0.200. The molecule has 1 aliphatic rings. The van der Waals surface area contributed by atoms with Crippen molar-refractivity contribution in [3.8, 4) is 0 Å². The highest BCUT2D eigenvalue weighted by Crippen LogP contribution is 2.29. The monoisotopic (exact) mass is 301 g/mol. The average Bonchev–Trinajstić information content (AvgIpc) is 2.88. The van der Waals surface area contributed by atoms with E-state index < -0.39 is 0 Å². The van der Waals surface area contributed by atoms with Crippen LogP contribution in [-0.2, 0) is 20.7 Å². The molecule has 1 heterocycles. The number of fused-ring (bicyclic) bond motifs is 1. The predicted octanol–water partition coefficient (Wildman–Crippen LogP) is 3.20. The highest BCUT2D eigenvalue weighted by molar-refractivity contribution is 5.94. The van der Waals surface area contributed by atoms with Crippen LogP contribution in [0.4, 0.5) is 5.69 Å². The standard InChI is InChI=1S/C18H23NO3/c1-13(2)12-22-18(21)6-4-5-15-7-8-17-16(11-15)9-10-19(17)14(3)20/h4-5,7-8,11,13H,6,9-10,12H2,1-3H3. The van der Waals surface area contributed by atoms with Crippen molar-refractivity contribution < 1.29 is 14.3 Å². The van der Waals surface area contributed by atoms with Crippen molar-refractivity contribution in [2.45, 2.75) is 33.6 Å². The Bertz CT molecular complexity index is 590. The molecule has 4 nitrogen and oxygen atoms in total. The van der Waals surface area contributed by atoms with Gasteiger partial charge >= 0.3 is 5.97 Å². The fourth-order valence-electron chi connectivity index (χ4n) is 2.46. The predicted molar refractivity (Wildman–Crippen MR) is 87.6 cm³/mol. The van der Waals surface area contributed by atoms with E-state index >= 15 is 0 Å². The van der Waals surface area contributed by atoms with Crippen LogP contribution in [0.15, 0.2) is 24.3 Å². The highest BCUT2D eigenvalue weighted by atomic mass is 16.5. The molecule has 118 valence electrons. The number of amides is 1.